The van der Waals surface area contributed by atoms with Crippen LogP contribution in [0.25, 0.3) is 0 Å². The van der Waals surface area contributed by atoms with E-state index in [1.807, 2.05) is 6.07 Å². The van der Waals surface area contributed by atoms with Crippen LogP contribution in [0.5, 0.6) is 0 Å². The molecule has 190 valence electrons. The van der Waals surface area contributed by atoms with E-state index in [0.29, 0.717) is 12.0 Å². The Labute approximate surface area is 185 Å². The quantitative estimate of drug-likeness (QED) is 0.619. The second-order valence-electron chi connectivity index (χ2n) is 7.77. The monoisotopic (exact) mass is 492 g/mol. The van der Waals surface area contributed by atoms with E-state index in [4.69, 9.17) is 29.0 Å². The van der Waals surface area contributed by atoms with Crippen LogP contribution in [-0.4, -0.2) is 90.7 Å². The highest BCUT2D eigenvalue weighted by molar-refractivity contribution is 5.73. The molecule has 2 aliphatic rings. The molecule has 14 heteroatoms. The number of hydrogen-bond acceptors (Lipinski definition) is 6. The number of piperidine rings is 1. The van der Waals surface area contributed by atoms with E-state index in [1.165, 1.54) is 6.42 Å². The van der Waals surface area contributed by atoms with Crippen LogP contribution in [-0.2, 0) is 20.9 Å². The number of furan rings is 1. The highest BCUT2D eigenvalue weighted by Gasteiger charge is 2.41. The Hall–Kier alpha value is -2.32. The lowest BCUT2D eigenvalue weighted by molar-refractivity contribution is -0.193. The molecule has 0 unspecified atom stereocenters. The van der Waals surface area contributed by atoms with Gasteiger partial charge in [0.1, 0.15) is 5.76 Å². The first-order valence-corrected chi connectivity index (χ1v) is 9.72. The zero-order valence-electron chi connectivity index (χ0n) is 17.9. The fourth-order valence-electron chi connectivity index (χ4n) is 3.48. The van der Waals surface area contributed by atoms with Gasteiger partial charge in [-0.3, -0.25) is 4.90 Å². The summed E-state index contributed by atoms with van der Waals surface area (Å²) >= 11 is 0. The number of nitrogens with zero attached hydrogens (tertiary/aromatic N) is 2. The fourth-order valence-corrected chi connectivity index (χ4v) is 3.48. The Morgan fingerprint density at radius 1 is 1.12 bits per heavy atom. The molecule has 0 spiro atoms. The number of aliphatic carboxylic acids is 2. The summed E-state index contributed by atoms with van der Waals surface area (Å²) in [5, 5.41) is 14.2. The molecule has 2 fully saturated rings. The summed E-state index contributed by atoms with van der Waals surface area (Å²) in [6.45, 7) is 5.23. The molecule has 1 aromatic rings. The molecule has 0 bridgehead atoms. The molecular weight excluding hydrogens is 466 g/mol. The van der Waals surface area contributed by atoms with E-state index in [2.05, 4.69) is 30.0 Å². The summed E-state index contributed by atoms with van der Waals surface area (Å²) < 4.78 is 74.9. The van der Waals surface area contributed by atoms with Crippen LogP contribution >= 0.6 is 0 Å². The number of fused-ring (bicyclic) bond motifs is 1. The lowest BCUT2D eigenvalue weighted by Gasteiger charge is -2.35. The zero-order valence-corrected chi connectivity index (χ0v) is 17.9. The summed E-state index contributed by atoms with van der Waals surface area (Å²) in [7, 11) is 4.26. The summed E-state index contributed by atoms with van der Waals surface area (Å²) in [5.74, 6) is -2.99. The normalized spacial score (nSPS) is 23.1. The van der Waals surface area contributed by atoms with Crippen LogP contribution in [0.4, 0.5) is 26.3 Å². The Morgan fingerprint density at radius 3 is 2.09 bits per heavy atom. The van der Waals surface area contributed by atoms with Gasteiger partial charge in [-0.2, -0.15) is 26.3 Å². The second-order valence-corrected chi connectivity index (χ2v) is 7.77. The van der Waals surface area contributed by atoms with Crippen molar-refractivity contribution in [2.45, 2.75) is 31.4 Å². The Morgan fingerprint density at radius 2 is 1.67 bits per heavy atom. The highest BCUT2D eigenvalue weighted by Crippen LogP contribution is 2.35. The summed E-state index contributed by atoms with van der Waals surface area (Å²) in [6, 6.07) is 4.03. The maximum atomic E-state index is 10.6. The molecule has 2 aliphatic heterocycles. The van der Waals surface area contributed by atoms with Crippen LogP contribution in [0.2, 0.25) is 0 Å². The van der Waals surface area contributed by atoms with Crippen molar-refractivity contribution in [1.29, 1.82) is 0 Å². The number of likely N-dealkylation sites (N-methyl/N-ethyl adjacent to an activating group) is 1. The van der Waals surface area contributed by atoms with Crippen molar-refractivity contribution < 1.29 is 55.3 Å². The molecular formula is C19H26F6N2O6. The number of likely N-dealkylation sites (tertiary alicyclic amines) is 1. The molecule has 0 radical (unpaired) electrons. The third-order valence-corrected chi connectivity index (χ3v) is 4.87. The van der Waals surface area contributed by atoms with Gasteiger partial charge in [-0.15, -0.1) is 0 Å². The average molecular weight is 492 g/mol. The van der Waals surface area contributed by atoms with Crippen LogP contribution in [0.3, 0.4) is 0 Å². The topological polar surface area (TPSA) is 103 Å². The SMILES string of the molecule is CN(C)C[C@@H]1OC[C@@H]2CN(Cc3ccco3)CC[C@@H]21.O=C(O)C(F)(F)F.O=C(O)C(F)(F)F. The third-order valence-electron chi connectivity index (χ3n) is 4.87. The highest BCUT2D eigenvalue weighted by atomic mass is 19.4. The second kappa shape index (κ2) is 12.2. The van der Waals surface area contributed by atoms with Crippen molar-refractivity contribution in [2.75, 3.05) is 40.3 Å². The summed E-state index contributed by atoms with van der Waals surface area (Å²) in [4.78, 5) is 22.5. The van der Waals surface area contributed by atoms with Gasteiger partial charge in [-0.1, -0.05) is 0 Å². The van der Waals surface area contributed by atoms with Gasteiger partial charge in [0.15, 0.2) is 0 Å². The molecule has 3 atom stereocenters. The smallest absolute Gasteiger partial charge is 0.475 e. The van der Waals surface area contributed by atoms with Gasteiger partial charge >= 0.3 is 24.3 Å². The minimum atomic E-state index is -5.08. The van der Waals surface area contributed by atoms with Gasteiger partial charge < -0.3 is 24.3 Å². The van der Waals surface area contributed by atoms with Crippen molar-refractivity contribution in [3.63, 3.8) is 0 Å². The van der Waals surface area contributed by atoms with E-state index in [-0.39, 0.29) is 0 Å². The van der Waals surface area contributed by atoms with E-state index in [1.54, 1.807) is 6.26 Å². The molecule has 2 saturated heterocycles. The number of rotatable bonds is 4. The molecule has 0 amide bonds. The molecule has 0 aliphatic carbocycles. The number of carboxylic acid groups (broad SMARTS) is 2. The minimum absolute atomic E-state index is 0.436. The minimum Gasteiger partial charge on any atom is -0.475 e. The van der Waals surface area contributed by atoms with Crippen molar-refractivity contribution in [3.05, 3.63) is 24.2 Å². The molecule has 0 saturated carbocycles. The lowest BCUT2D eigenvalue weighted by Crippen LogP contribution is -2.42. The largest absolute Gasteiger partial charge is 0.490 e. The Balaban J connectivity index is 0.000000324. The number of alkyl halides is 6. The molecule has 8 nitrogen and oxygen atoms in total. The standard InChI is InChI=1S/C15H24N2O2.2C2HF3O2/c1-16(2)10-15-14-5-6-17(8-12(14)11-19-15)9-13-4-3-7-18-13;2*3-2(4,5)1(6)7/h3-4,7,12,14-15H,5-6,8-11H2,1-2H3;2*(H,6,7)/t12-,14-,15-;;/m0../s1. The first kappa shape index (κ1) is 28.7. The predicted molar refractivity (Wildman–Crippen MR) is 101 cm³/mol. The van der Waals surface area contributed by atoms with Gasteiger partial charge in [-0.05, 0) is 45.1 Å². The van der Waals surface area contributed by atoms with Crippen molar-refractivity contribution in [2.24, 2.45) is 11.8 Å². The van der Waals surface area contributed by atoms with Crippen LogP contribution in [0.1, 0.15) is 12.2 Å². The molecule has 3 heterocycles. The van der Waals surface area contributed by atoms with E-state index in [0.717, 1.165) is 44.5 Å². The predicted octanol–water partition coefficient (Wildman–Crippen LogP) is 2.94. The van der Waals surface area contributed by atoms with Gasteiger partial charge in [0, 0.05) is 19.0 Å². The number of hydrogen-bond donors (Lipinski definition) is 2. The summed E-state index contributed by atoms with van der Waals surface area (Å²) in [5.41, 5.74) is 0. The van der Waals surface area contributed by atoms with Gasteiger partial charge in [0.05, 0.1) is 25.5 Å². The van der Waals surface area contributed by atoms with E-state index >= 15 is 0 Å². The zero-order chi connectivity index (χ0) is 25.4. The van der Waals surface area contributed by atoms with Gasteiger partial charge in [-0.25, -0.2) is 9.59 Å². The molecule has 3 rings (SSSR count). The van der Waals surface area contributed by atoms with Crippen molar-refractivity contribution >= 4 is 11.9 Å². The Bertz CT molecular complexity index is 714. The van der Waals surface area contributed by atoms with Crippen LogP contribution < -0.4 is 0 Å². The first-order valence-electron chi connectivity index (χ1n) is 9.72. The molecule has 1 aromatic heterocycles. The fraction of sp³-hybridized carbons (Fsp3) is 0.684. The number of halogens is 6. The van der Waals surface area contributed by atoms with E-state index < -0.39 is 24.3 Å². The van der Waals surface area contributed by atoms with Crippen molar-refractivity contribution in [3.8, 4) is 0 Å². The van der Waals surface area contributed by atoms with E-state index in [9.17, 15) is 26.3 Å². The summed E-state index contributed by atoms with van der Waals surface area (Å²) in [6.07, 6.45) is -6.72. The number of carboxylic acids is 2. The first-order chi connectivity index (χ1) is 15.1. The number of ether oxygens (including phenoxy) is 1. The van der Waals surface area contributed by atoms with Gasteiger partial charge in [0.25, 0.3) is 0 Å². The molecule has 0 aromatic carbocycles. The van der Waals surface area contributed by atoms with Crippen molar-refractivity contribution in [1.82, 2.24) is 9.80 Å². The van der Waals surface area contributed by atoms with Gasteiger partial charge in [0.2, 0.25) is 0 Å². The van der Waals surface area contributed by atoms with Crippen LogP contribution in [0.15, 0.2) is 22.8 Å². The lowest BCUT2D eigenvalue weighted by atomic mass is 9.84. The number of carbonyl (C=O) groups is 2. The molecule has 2 N–H and O–H groups in total. The average Bonchev–Trinajstić information content (AvgIpc) is 3.31. The Kier molecular flexibility index (Phi) is 10.6. The maximum absolute atomic E-state index is 10.6. The molecule has 33 heavy (non-hydrogen) atoms. The van der Waals surface area contributed by atoms with Crippen LogP contribution in [0, 0.1) is 11.8 Å². The third kappa shape index (κ3) is 10.4. The maximum Gasteiger partial charge on any atom is 0.490 e.